The first-order valence-electron chi connectivity index (χ1n) is 8.64. The molecule has 1 amide bonds. The number of nitrogens with zero attached hydrogens (tertiary/aromatic N) is 2. The van der Waals surface area contributed by atoms with Gasteiger partial charge in [0.2, 0.25) is 5.75 Å². The molecule has 0 radical (unpaired) electrons. The number of aromatic amines is 1. The van der Waals surface area contributed by atoms with E-state index in [2.05, 4.69) is 15.3 Å². The number of nitrogens with one attached hydrogen (secondary N) is 2. The molecule has 0 bridgehead atoms. The maximum absolute atomic E-state index is 12.3. The van der Waals surface area contributed by atoms with Gasteiger partial charge in [-0.2, -0.15) is 0 Å². The molecule has 150 valence electrons. The van der Waals surface area contributed by atoms with Crippen LogP contribution in [0.15, 0.2) is 48.8 Å². The number of hydrogen-bond acceptors (Lipinski definition) is 7. The summed E-state index contributed by atoms with van der Waals surface area (Å²) in [5.41, 5.74) is 1.74. The van der Waals surface area contributed by atoms with Crippen LogP contribution in [0, 0.1) is 10.1 Å². The Bertz CT molecular complexity index is 1050. The molecule has 0 aliphatic heterocycles. The number of pyridine rings is 1. The second kappa shape index (κ2) is 8.83. The van der Waals surface area contributed by atoms with Crippen LogP contribution in [0.3, 0.4) is 0 Å². The summed E-state index contributed by atoms with van der Waals surface area (Å²) in [6, 6.07) is 9.41. The van der Waals surface area contributed by atoms with E-state index in [1.165, 1.54) is 25.4 Å². The Morgan fingerprint density at radius 2 is 2.07 bits per heavy atom. The maximum atomic E-state index is 12.3. The van der Waals surface area contributed by atoms with E-state index in [1.54, 1.807) is 6.20 Å². The van der Waals surface area contributed by atoms with Crippen molar-refractivity contribution < 1.29 is 24.0 Å². The Labute approximate surface area is 165 Å². The van der Waals surface area contributed by atoms with Crippen LogP contribution in [0.5, 0.6) is 5.75 Å². The largest absolute Gasteiger partial charge is 0.476 e. The number of aromatic nitrogens is 2. The zero-order valence-corrected chi connectivity index (χ0v) is 15.5. The van der Waals surface area contributed by atoms with Gasteiger partial charge in [-0.1, -0.05) is 18.2 Å². The molecule has 0 saturated carbocycles. The minimum Gasteiger partial charge on any atom is -0.476 e. The van der Waals surface area contributed by atoms with Gasteiger partial charge in [0.15, 0.2) is 6.61 Å². The molecule has 29 heavy (non-hydrogen) atoms. The molecular formula is C19H18N4O6. The Morgan fingerprint density at radius 1 is 1.28 bits per heavy atom. The lowest BCUT2D eigenvalue weighted by Crippen LogP contribution is -2.44. The van der Waals surface area contributed by atoms with E-state index in [4.69, 9.17) is 9.47 Å². The van der Waals surface area contributed by atoms with Gasteiger partial charge in [0, 0.05) is 23.5 Å². The predicted molar refractivity (Wildman–Crippen MR) is 102 cm³/mol. The number of esters is 1. The van der Waals surface area contributed by atoms with Gasteiger partial charge < -0.3 is 29.9 Å². The zero-order chi connectivity index (χ0) is 20.8. The summed E-state index contributed by atoms with van der Waals surface area (Å²) < 4.78 is 9.99. The quantitative estimate of drug-likeness (QED) is 0.335. The first kappa shape index (κ1) is 19.8. The standard InChI is InChI=1S/C19H18N4O6/c1-28-19(25)15(9-12-10-21-14-6-3-2-5-13(12)14)22-17(24)11-29-16-7-4-8-20-18(16)23(26)27/h2-8,10,15,21H,9,11H2,1H3,(H,22,24)/t15-/m0/s1. The number of rotatable bonds is 8. The van der Waals surface area contributed by atoms with Crippen LogP contribution in [0.4, 0.5) is 5.82 Å². The van der Waals surface area contributed by atoms with Crippen molar-refractivity contribution in [1.82, 2.24) is 15.3 Å². The number of methoxy groups -OCH3 is 1. The van der Waals surface area contributed by atoms with Crippen LogP contribution >= 0.6 is 0 Å². The number of hydrogen-bond donors (Lipinski definition) is 2. The van der Waals surface area contributed by atoms with Crippen molar-refractivity contribution in [3.05, 3.63) is 64.5 Å². The number of ether oxygens (including phenoxy) is 2. The number of fused-ring (bicyclic) bond motifs is 1. The molecule has 3 rings (SSSR count). The predicted octanol–water partition coefficient (Wildman–Crippen LogP) is 1.75. The monoisotopic (exact) mass is 398 g/mol. The fraction of sp³-hybridized carbons (Fsp3) is 0.211. The van der Waals surface area contributed by atoms with E-state index in [-0.39, 0.29) is 12.2 Å². The normalized spacial score (nSPS) is 11.6. The summed E-state index contributed by atoms with van der Waals surface area (Å²) in [5.74, 6) is -1.88. The number of amides is 1. The topological polar surface area (TPSA) is 136 Å². The maximum Gasteiger partial charge on any atom is 0.406 e. The Balaban J connectivity index is 1.68. The second-order valence-corrected chi connectivity index (χ2v) is 6.08. The van der Waals surface area contributed by atoms with Gasteiger partial charge in [-0.25, -0.2) is 4.79 Å². The molecule has 0 aliphatic carbocycles. The Kier molecular flexibility index (Phi) is 6.03. The first-order chi connectivity index (χ1) is 14.0. The third-order valence-electron chi connectivity index (χ3n) is 4.20. The van der Waals surface area contributed by atoms with Crippen LogP contribution in [-0.4, -0.2) is 46.5 Å². The van der Waals surface area contributed by atoms with Crippen molar-refractivity contribution >= 4 is 28.6 Å². The lowest BCUT2D eigenvalue weighted by molar-refractivity contribution is -0.390. The molecule has 0 spiro atoms. The third kappa shape index (κ3) is 4.67. The van der Waals surface area contributed by atoms with Crippen molar-refractivity contribution in [2.24, 2.45) is 0 Å². The fourth-order valence-electron chi connectivity index (χ4n) is 2.87. The SMILES string of the molecule is COC(=O)[C@H](Cc1c[nH]c2ccccc12)NC(=O)COc1cccnc1[N+](=O)[O-]. The molecule has 2 heterocycles. The molecule has 1 atom stereocenters. The Hall–Kier alpha value is -3.95. The van der Waals surface area contributed by atoms with Crippen molar-refractivity contribution in [2.45, 2.75) is 12.5 Å². The number of carbonyl (C=O) groups excluding carboxylic acids is 2. The highest BCUT2D eigenvalue weighted by atomic mass is 16.6. The zero-order valence-electron chi connectivity index (χ0n) is 15.5. The van der Waals surface area contributed by atoms with Gasteiger partial charge in [0.05, 0.1) is 7.11 Å². The Morgan fingerprint density at radius 3 is 2.83 bits per heavy atom. The second-order valence-electron chi connectivity index (χ2n) is 6.08. The molecule has 2 aromatic heterocycles. The number of H-pyrrole nitrogens is 1. The summed E-state index contributed by atoms with van der Waals surface area (Å²) in [7, 11) is 1.23. The number of carbonyl (C=O) groups is 2. The van der Waals surface area contributed by atoms with Gasteiger partial charge in [-0.15, -0.1) is 0 Å². The smallest absolute Gasteiger partial charge is 0.406 e. The molecule has 10 heteroatoms. The lowest BCUT2D eigenvalue weighted by atomic mass is 10.0. The van der Waals surface area contributed by atoms with E-state index in [0.717, 1.165) is 16.5 Å². The molecule has 2 N–H and O–H groups in total. The molecule has 0 aliphatic rings. The molecule has 10 nitrogen and oxygen atoms in total. The van der Waals surface area contributed by atoms with E-state index in [0.29, 0.717) is 0 Å². The van der Waals surface area contributed by atoms with Crippen molar-refractivity contribution in [2.75, 3.05) is 13.7 Å². The summed E-state index contributed by atoms with van der Waals surface area (Å²) in [5, 5.41) is 14.4. The number of para-hydroxylation sites is 1. The van der Waals surface area contributed by atoms with E-state index >= 15 is 0 Å². The molecule has 0 saturated heterocycles. The highest BCUT2D eigenvalue weighted by Gasteiger charge is 2.24. The minimum atomic E-state index is -0.945. The van der Waals surface area contributed by atoms with Gasteiger partial charge in [-0.3, -0.25) is 4.79 Å². The lowest BCUT2D eigenvalue weighted by Gasteiger charge is -2.16. The van der Waals surface area contributed by atoms with E-state index < -0.39 is 35.3 Å². The minimum absolute atomic E-state index is 0.140. The van der Waals surface area contributed by atoms with Crippen molar-refractivity contribution in [1.29, 1.82) is 0 Å². The molecule has 1 aromatic carbocycles. The molecule has 0 fully saturated rings. The summed E-state index contributed by atoms with van der Waals surface area (Å²) in [6.45, 7) is -0.520. The first-order valence-corrected chi connectivity index (χ1v) is 8.64. The van der Waals surface area contributed by atoms with Gasteiger partial charge in [0.1, 0.15) is 12.2 Å². The average molecular weight is 398 g/mol. The third-order valence-corrected chi connectivity index (χ3v) is 4.20. The number of benzene rings is 1. The fourth-order valence-corrected chi connectivity index (χ4v) is 2.87. The summed E-state index contributed by atoms with van der Waals surface area (Å²) >= 11 is 0. The highest BCUT2D eigenvalue weighted by Crippen LogP contribution is 2.23. The van der Waals surface area contributed by atoms with Crippen LogP contribution < -0.4 is 10.1 Å². The summed E-state index contributed by atoms with van der Waals surface area (Å²) in [6.07, 6.45) is 3.22. The highest BCUT2D eigenvalue weighted by molar-refractivity contribution is 5.87. The van der Waals surface area contributed by atoms with Crippen LogP contribution in [0.2, 0.25) is 0 Å². The van der Waals surface area contributed by atoms with Gasteiger partial charge in [-0.05, 0) is 33.7 Å². The molecular weight excluding hydrogens is 380 g/mol. The van der Waals surface area contributed by atoms with E-state index in [9.17, 15) is 19.7 Å². The summed E-state index contributed by atoms with van der Waals surface area (Å²) in [4.78, 5) is 41.4. The van der Waals surface area contributed by atoms with Gasteiger partial charge in [0.25, 0.3) is 5.91 Å². The van der Waals surface area contributed by atoms with Crippen LogP contribution in [0.25, 0.3) is 10.9 Å². The molecule has 3 aromatic rings. The average Bonchev–Trinajstić information content (AvgIpc) is 3.14. The number of nitro groups is 1. The van der Waals surface area contributed by atoms with Crippen LogP contribution in [0.1, 0.15) is 5.56 Å². The van der Waals surface area contributed by atoms with Crippen molar-refractivity contribution in [3.8, 4) is 5.75 Å². The van der Waals surface area contributed by atoms with Crippen molar-refractivity contribution in [3.63, 3.8) is 0 Å². The van der Waals surface area contributed by atoms with Crippen LogP contribution in [-0.2, 0) is 20.7 Å². The van der Waals surface area contributed by atoms with E-state index in [1.807, 2.05) is 24.3 Å². The molecule has 0 unspecified atom stereocenters. The van der Waals surface area contributed by atoms with Gasteiger partial charge >= 0.3 is 11.8 Å².